The number of amides is 1. The number of anilines is 1. The lowest BCUT2D eigenvalue weighted by Crippen LogP contribution is -2.40. The highest BCUT2D eigenvalue weighted by molar-refractivity contribution is 5.99. The van der Waals surface area contributed by atoms with Gasteiger partial charge >= 0.3 is 0 Å². The van der Waals surface area contributed by atoms with E-state index in [1.54, 1.807) is 0 Å². The monoisotopic (exact) mass is 338 g/mol. The van der Waals surface area contributed by atoms with Crippen LogP contribution in [0.25, 0.3) is 0 Å². The van der Waals surface area contributed by atoms with E-state index < -0.39 is 12.5 Å². The molecule has 2 fully saturated rings. The maximum atomic E-state index is 13.5. The molecule has 5 nitrogen and oxygen atoms in total. The van der Waals surface area contributed by atoms with Crippen LogP contribution in [0.5, 0.6) is 0 Å². The zero-order valence-electron chi connectivity index (χ0n) is 13.9. The van der Waals surface area contributed by atoms with Crippen molar-refractivity contribution in [2.75, 3.05) is 18.4 Å². The second-order valence-electron chi connectivity index (χ2n) is 7.55. The van der Waals surface area contributed by atoms with E-state index in [4.69, 9.17) is 0 Å². The summed E-state index contributed by atoms with van der Waals surface area (Å²) >= 11 is 0. The van der Waals surface area contributed by atoms with Crippen molar-refractivity contribution in [3.8, 4) is 0 Å². The van der Waals surface area contributed by atoms with Crippen molar-refractivity contribution in [3.05, 3.63) is 11.8 Å². The third kappa shape index (κ3) is 2.78. The molecule has 1 aromatic heterocycles. The molecule has 0 radical (unpaired) electrons. The highest BCUT2D eigenvalue weighted by Gasteiger charge is 2.42. The van der Waals surface area contributed by atoms with Gasteiger partial charge in [-0.15, -0.1) is 0 Å². The first-order valence-corrected chi connectivity index (χ1v) is 8.96. The van der Waals surface area contributed by atoms with Crippen molar-refractivity contribution >= 4 is 11.7 Å². The van der Waals surface area contributed by atoms with Gasteiger partial charge < -0.3 is 10.2 Å². The molecule has 2 aliphatic heterocycles. The zero-order chi connectivity index (χ0) is 16.8. The van der Waals surface area contributed by atoms with Crippen LogP contribution < -0.4 is 5.32 Å². The molecule has 1 amide bonds. The second kappa shape index (κ2) is 6.01. The lowest BCUT2D eigenvalue weighted by molar-refractivity contribution is 0.0635. The van der Waals surface area contributed by atoms with Crippen molar-refractivity contribution in [1.29, 1.82) is 0 Å². The van der Waals surface area contributed by atoms with Crippen LogP contribution in [0.1, 0.15) is 55.4 Å². The van der Waals surface area contributed by atoms with Crippen LogP contribution in [0.15, 0.2) is 6.20 Å². The van der Waals surface area contributed by atoms with E-state index in [0.29, 0.717) is 29.6 Å². The molecule has 7 heteroatoms. The number of aromatic nitrogens is 2. The molecule has 1 saturated heterocycles. The van der Waals surface area contributed by atoms with E-state index in [9.17, 15) is 13.6 Å². The quantitative estimate of drug-likeness (QED) is 0.921. The summed E-state index contributed by atoms with van der Waals surface area (Å²) in [6.45, 7) is 3.66. The molecule has 3 aliphatic rings. The normalized spacial score (nSPS) is 27.9. The number of carbonyl (C=O) groups is 1. The Morgan fingerprint density at radius 2 is 2.00 bits per heavy atom. The third-order valence-electron chi connectivity index (χ3n) is 5.71. The standard InChI is InChI=1S/C17H24F2N4O/c1-10-4-6-22(7-5-10)17(24)12-9-20-23-14(15(18)19)8-13(11-2-3-11)21-16(12)23/h9-11,13-15,21H,2-8H2,1H3/t13-,14+/m1/s1. The molecule has 1 saturated carbocycles. The van der Waals surface area contributed by atoms with Crippen LogP contribution >= 0.6 is 0 Å². The summed E-state index contributed by atoms with van der Waals surface area (Å²) in [6.07, 6.45) is 3.52. The lowest BCUT2D eigenvalue weighted by atomic mass is 9.98. The predicted octanol–water partition coefficient (Wildman–Crippen LogP) is 3.16. The molecule has 1 aromatic rings. The fourth-order valence-electron chi connectivity index (χ4n) is 3.91. The van der Waals surface area contributed by atoms with Crippen molar-refractivity contribution in [2.45, 2.75) is 57.5 Å². The summed E-state index contributed by atoms with van der Waals surface area (Å²) < 4.78 is 28.3. The van der Waals surface area contributed by atoms with Crippen LogP contribution in [0, 0.1) is 11.8 Å². The van der Waals surface area contributed by atoms with E-state index in [1.807, 2.05) is 4.90 Å². The number of nitrogens with zero attached hydrogens (tertiary/aromatic N) is 3. The molecular weight excluding hydrogens is 314 g/mol. The van der Waals surface area contributed by atoms with Gasteiger partial charge in [0, 0.05) is 19.1 Å². The summed E-state index contributed by atoms with van der Waals surface area (Å²) in [7, 11) is 0. The van der Waals surface area contributed by atoms with Gasteiger partial charge in [0.05, 0.1) is 6.20 Å². The fraction of sp³-hybridized carbons (Fsp3) is 0.765. The van der Waals surface area contributed by atoms with Gasteiger partial charge in [0.25, 0.3) is 12.3 Å². The van der Waals surface area contributed by atoms with E-state index in [1.165, 1.54) is 10.9 Å². The van der Waals surface area contributed by atoms with Crippen LogP contribution in [-0.2, 0) is 0 Å². The van der Waals surface area contributed by atoms with E-state index >= 15 is 0 Å². The van der Waals surface area contributed by atoms with E-state index in [0.717, 1.165) is 38.8 Å². The largest absolute Gasteiger partial charge is 0.367 e. The topological polar surface area (TPSA) is 50.2 Å². The number of rotatable bonds is 3. The molecule has 0 spiro atoms. The highest BCUT2D eigenvalue weighted by Crippen LogP contribution is 2.43. The van der Waals surface area contributed by atoms with E-state index in [2.05, 4.69) is 17.3 Å². The first-order valence-electron chi connectivity index (χ1n) is 8.96. The number of likely N-dealkylation sites (tertiary alicyclic amines) is 1. The fourth-order valence-corrected chi connectivity index (χ4v) is 3.91. The number of hydrogen-bond donors (Lipinski definition) is 1. The minimum Gasteiger partial charge on any atom is -0.367 e. The molecular formula is C17H24F2N4O. The molecule has 4 rings (SSSR count). The van der Waals surface area contributed by atoms with Gasteiger partial charge in [-0.1, -0.05) is 6.92 Å². The van der Waals surface area contributed by atoms with Gasteiger partial charge in [0.2, 0.25) is 0 Å². The molecule has 1 N–H and O–H groups in total. The Bertz CT molecular complexity index is 620. The van der Waals surface area contributed by atoms with Gasteiger partial charge in [-0.3, -0.25) is 4.79 Å². The summed E-state index contributed by atoms with van der Waals surface area (Å²) in [6, 6.07) is -0.907. The van der Waals surface area contributed by atoms with Gasteiger partial charge in [-0.2, -0.15) is 5.10 Å². The minimum atomic E-state index is -2.47. The molecule has 3 heterocycles. The Morgan fingerprint density at radius 1 is 1.29 bits per heavy atom. The minimum absolute atomic E-state index is 0.0288. The SMILES string of the molecule is CC1CCN(C(=O)c2cnn3c2N[C@@H](C2CC2)C[C@H]3C(F)F)CC1. The molecule has 132 valence electrons. The number of nitrogens with one attached hydrogen (secondary N) is 1. The molecule has 0 unspecified atom stereocenters. The number of fused-ring (bicyclic) bond motifs is 1. The predicted molar refractivity (Wildman–Crippen MR) is 86.3 cm³/mol. The Kier molecular flexibility index (Phi) is 3.96. The number of carbonyl (C=O) groups excluding carboxylic acids is 1. The van der Waals surface area contributed by atoms with E-state index in [-0.39, 0.29) is 11.9 Å². The smallest absolute Gasteiger partial charge is 0.260 e. The van der Waals surface area contributed by atoms with Crippen LogP contribution in [0.4, 0.5) is 14.6 Å². The summed E-state index contributed by atoms with van der Waals surface area (Å²) in [5.74, 6) is 1.50. The lowest BCUT2D eigenvalue weighted by Gasteiger charge is -2.34. The maximum Gasteiger partial charge on any atom is 0.260 e. The van der Waals surface area contributed by atoms with Gasteiger partial charge in [-0.25, -0.2) is 13.5 Å². The van der Waals surface area contributed by atoms with Gasteiger partial charge in [0.15, 0.2) is 0 Å². The molecule has 1 aliphatic carbocycles. The van der Waals surface area contributed by atoms with Crippen LogP contribution in [0.2, 0.25) is 0 Å². The summed E-state index contributed by atoms with van der Waals surface area (Å²) in [4.78, 5) is 14.7. The number of piperidine rings is 1. The average Bonchev–Trinajstić information content (AvgIpc) is 3.33. The first-order chi connectivity index (χ1) is 11.5. The Hall–Kier alpha value is -1.66. The number of halogens is 2. The van der Waals surface area contributed by atoms with Crippen LogP contribution in [-0.4, -0.2) is 46.1 Å². The molecule has 0 aromatic carbocycles. The summed E-state index contributed by atoms with van der Waals surface area (Å²) in [5.41, 5.74) is 0.445. The van der Waals surface area contributed by atoms with Crippen molar-refractivity contribution in [2.24, 2.45) is 11.8 Å². The molecule has 24 heavy (non-hydrogen) atoms. The van der Waals surface area contributed by atoms with Crippen LogP contribution in [0.3, 0.4) is 0 Å². The Labute approximate surface area is 140 Å². The number of hydrogen-bond acceptors (Lipinski definition) is 3. The second-order valence-corrected chi connectivity index (χ2v) is 7.55. The maximum absolute atomic E-state index is 13.5. The molecule has 0 bridgehead atoms. The van der Waals surface area contributed by atoms with Gasteiger partial charge in [0.1, 0.15) is 17.4 Å². The van der Waals surface area contributed by atoms with Crippen molar-refractivity contribution in [1.82, 2.24) is 14.7 Å². The highest BCUT2D eigenvalue weighted by atomic mass is 19.3. The van der Waals surface area contributed by atoms with Gasteiger partial charge in [-0.05, 0) is 43.9 Å². The van der Waals surface area contributed by atoms with Crippen molar-refractivity contribution in [3.63, 3.8) is 0 Å². The van der Waals surface area contributed by atoms with Crippen molar-refractivity contribution < 1.29 is 13.6 Å². The third-order valence-corrected chi connectivity index (χ3v) is 5.71. The molecule has 2 atom stereocenters. The average molecular weight is 338 g/mol. The zero-order valence-corrected chi connectivity index (χ0v) is 13.9. The first kappa shape index (κ1) is 15.8. The number of alkyl halides is 2. The summed E-state index contributed by atoms with van der Waals surface area (Å²) in [5, 5.41) is 7.47. The Balaban J connectivity index is 1.60. The Morgan fingerprint density at radius 3 is 2.62 bits per heavy atom.